The Balaban J connectivity index is 2.64. The summed E-state index contributed by atoms with van der Waals surface area (Å²) in [4.78, 5) is 4.73. The minimum absolute atomic E-state index is 0.324. The monoisotopic (exact) mass is 214 g/mol. The molecule has 0 amide bonds. The van der Waals surface area contributed by atoms with E-state index < -0.39 is 0 Å². The van der Waals surface area contributed by atoms with E-state index in [1.807, 2.05) is 0 Å². The van der Waals surface area contributed by atoms with Crippen molar-refractivity contribution in [1.29, 1.82) is 0 Å². The van der Waals surface area contributed by atoms with Gasteiger partial charge in [0.2, 0.25) is 0 Å². The SMILES string of the molecule is Cc1ccc2cc(C)c(C(C)CN)nc2c1. The third kappa shape index (κ3) is 1.93. The number of fused-ring (bicyclic) bond motifs is 1. The number of aryl methyl sites for hydroxylation is 2. The van der Waals surface area contributed by atoms with Gasteiger partial charge in [0.05, 0.1) is 5.52 Å². The molecule has 2 nitrogen and oxygen atoms in total. The summed E-state index contributed by atoms with van der Waals surface area (Å²) in [5.74, 6) is 0.324. The van der Waals surface area contributed by atoms with Crippen molar-refractivity contribution in [2.75, 3.05) is 6.54 Å². The molecule has 0 aliphatic rings. The fraction of sp³-hybridized carbons (Fsp3) is 0.357. The van der Waals surface area contributed by atoms with Crippen molar-refractivity contribution < 1.29 is 0 Å². The van der Waals surface area contributed by atoms with Crippen molar-refractivity contribution in [3.63, 3.8) is 0 Å². The lowest BCUT2D eigenvalue weighted by Crippen LogP contribution is -2.11. The lowest BCUT2D eigenvalue weighted by Gasteiger charge is -2.12. The summed E-state index contributed by atoms with van der Waals surface area (Å²) in [5.41, 5.74) is 10.4. The highest BCUT2D eigenvalue weighted by Gasteiger charge is 2.09. The number of nitrogens with zero attached hydrogens (tertiary/aromatic N) is 1. The lowest BCUT2D eigenvalue weighted by molar-refractivity contribution is 0.742. The lowest BCUT2D eigenvalue weighted by atomic mass is 10.0. The first kappa shape index (κ1) is 11.1. The van der Waals surface area contributed by atoms with Crippen LogP contribution in [0.15, 0.2) is 24.3 Å². The molecule has 1 unspecified atom stereocenters. The Bertz CT molecular complexity index is 517. The maximum Gasteiger partial charge on any atom is 0.0708 e. The van der Waals surface area contributed by atoms with Gasteiger partial charge in [-0.2, -0.15) is 0 Å². The van der Waals surface area contributed by atoms with Gasteiger partial charge >= 0.3 is 0 Å². The summed E-state index contributed by atoms with van der Waals surface area (Å²) in [6.45, 7) is 6.96. The molecule has 0 aliphatic carbocycles. The molecule has 2 rings (SSSR count). The van der Waals surface area contributed by atoms with Gasteiger partial charge in [-0.25, -0.2) is 0 Å². The Morgan fingerprint density at radius 3 is 2.69 bits per heavy atom. The molecule has 0 saturated carbocycles. The molecule has 1 aromatic heterocycles. The molecule has 2 aromatic rings. The maximum absolute atomic E-state index is 5.71. The molecule has 0 radical (unpaired) electrons. The Kier molecular flexibility index (Phi) is 2.92. The van der Waals surface area contributed by atoms with E-state index in [0.717, 1.165) is 11.2 Å². The minimum Gasteiger partial charge on any atom is -0.330 e. The van der Waals surface area contributed by atoms with Crippen LogP contribution < -0.4 is 5.73 Å². The van der Waals surface area contributed by atoms with Crippen LogP contribution in [0.3, 0.4) is 0 Å². The topological polar surface area (TPSA) is 38.9 Å². The summed E-state index contributed by atoms with van der Waals surface area (Å²) in [6.07, 6.45) is 0. The zero-order valence-corrected chi connectivity index (χ0v) is 10.1. The van der Waals surface area contributed by atoms with Crippen molar-refractivity contribution in [1.82, 2.24) is 4.98 Å². The maximum atomic E-state index is 5.71. The number of rotatable bonds is 2. The van der Waals surface area contributed by atoms with Crippen LogP contribution in [0.2, 0.25) is 0 Å². The molecule has 0 fully saturated rings. The normalized spacial score (nSPS) is 13.0. The molecular formula is C14H18N2. The highest BCUT2D eigenvalue weighted by molar-refractivity contribution is 5.80. The zero-order valence-electron chi connectivity index (χ0n) is 10.1. The number of hydrogen-bond acceptors (Lipinski definition) is 2. The molecule has 0 aliphatic heterocycles. The van der Waals surface area contributed by atoms with Crippen molar-refractivity contribution in [2.24, 2.45) is 5.73 Å². The quantitative estimate of drug-likeness (QED) is 0.834. The average molecular weight is 214 g/mol. The molecule has 1 aromatic carbocycles. The third-order valence-corrected chi connectivity index (χ3v) is 3.02. The van der Waals surface area contributed by atoms with E-state index in [9.17, 15) is 0 Å². The van der Waals surface area contributed by atoms with Crippen LogP contribution in [-0.2, 0) is 0 Å². The Hall–Kier alpha value is -1.41. The fourth-order valence-corrected chi connectivity index (χ4v) is 2.01. The molecule has 0 spiro atoms. The fourth-order valence-electron chi connectivity index (χ4n) is 2.01. The van der Waals surface area contributed by atoms with Gasteiger partial charge in [-0.3, -0.25) is 4.98 Å². The Morgan fingerprint density at radius 1 is 1.25 bits per heavy atom. The molecule has 1 atom stereocenters. The Morgan fingerprint density at radius 2 is 2.00 bits per heavy atom. The Labute approximate surface area is 96.5 Å². The minimum atomic E-state index is 0.324. The van der Waals surface area contributed by atoms with E-state index in [-0.39, 0.29) is 0 Å². The van der Waals surface area contributed by atoms with E-state index >= 15 is 0 Å². The second-order valence-corrected chi connectivity index (χ2v) is 4.52. The van der Waals surface area contributed by atoms with Crippen LogP contribution >= 0.6 is 0 Å². The zero-order chi connectivity index (χ0) is 11.7. The smallest absolute Gasteiger partial charge is 0.0708 e. The highest BCUT2D eigenvalue weighted by atomic mass is 14.7. The standard InChI is InChI=1S/C14H18N2/c1-9-4-5-12-7-10(2)14(11(3)8-15)16-13(12)6-9/h4-7,11H,8,15H2,1-3H3. The van der Waals surface area contributed by atoms with Crippen molar-refractivity contribution >= 4 is 10.9 Å². The first-order valence-corrected chi connectivity index (χ1v) is 5.70. The molecule has 1 heterocycles. The molecule has 2 heteroatoms. The van der Waals surface area contributed by atoms with Gasteiger partial charge in [0.15, 0.2) is 0 Å². The molecule has 0 saturated heterocycles. The van der Waals surface area contributed by atoms with Crippen LogP contribution in [0.25, 0.3) is 10.9 Å². The number of pyridine rings is 1. The van der Waals surface area contributed by atoms with Crippen molar-refractivity contribution in [3.05, 3.63) is 41.1 Å². The molecule has 16 heavy (non-hydrogen) atoms. The molecule has 84 valence electrons. The van der Waals surface area contributed by atoms with Gasteiger partial charge < -0.3 is 5.73 Å². The third-order valence-electron chi connectivity index (χ3n) is 3.02. The van der Waals surface area contributed by atoms with Gasteiger partial charge in [-0.15, -0.1) is 0 Å². The van der Waals surface area contributed by atoms with E-state index in [0.29, 0.717) is 12.5 Å². The summed E-state index contributed by atoms with van der Waals surface area (Å²) in [5, 5.41) is 1.20. The summed E-state index contributed by atoms with van der Waals surface area (Å²) < 4.78 is 0. The second kappa shape index (κ2) is 4.22. The molecule has 2 N–H and O–H groups in total. The van der Waals surface area contributed by atoms with E-state index in [2.05, 4.69) is 45.0 Å². The molecule has 0 bridgehead atoms. The number of benzene rings is 1. The summed E-state index contributed by atoms with van der Waals surface area (Å²) >= 11 is 0. The van der Waals surface area contributed by atoms with Crippen molar-refractivity contribution in [2.45, 2.75) is 26.7 Å². The second-order valence-electron chi connectivity index (χ2n) is 4.52. The average Bonchev–Trinajstić information content (AvgIpc) is 2.28. The predicted octanol–water partition coefficient (Wildman–Crippen LogP) is 2.91. The van der Waals surface area contributed by atoms with Crippen molar-refractivity contribution in [3.8, 4) is 0 Å². The van der Waals surface area contributed by atoms with Crippen LogP contribution in [0.1, 0.15) is 29.7 Å². The van der Waals surface area contributed by atoms with Crippen LogP contribution in [0, 0.1) is 13.8 Å². The van der Waals surface area contributed by atoms with E-state index in [1.54, 1.807) is 0 Å². The first-order chi connectivity index (χ1) is 7.61. The summed E-state index contributed by atoms with van der Waals surface area (Å²) in [6, 6.07) is 8.57. The summed E-state index contributed by atoms with van der Waals surface area (Å²) in [7, 11) is 0. The van der Waals surface area contributed by atoms with Gasteiger partial charge in [0, 0.05) is 23.5 Å². The number of aromatic nitrogens is 1. The number of nitrogens with two attached hydrogens (primary N) is 1. The van der Waals surface area contributed by atoms with E-state index in [1.165, 1.54) is 16.5 Å². The largest absolute Gasteiger partial charge is 0.330 e. The van der Waals surface area contributed by atoms with E-state index in [4.69, 9.17) is 10.7 Å². The molecular weight excluding hydrogens is 196 g/mol. The van der Waals surface area contributed by atoms with Gasteiger partial charge in [0.25, 0.3) is 0 Å². The van der Waals surface area contributed by atoms with Crippen LogP contribution in [0.5, 0.6) is 0 Å². The first-order valence-electron chi connectivity index (χ1n) is 5.70. The van der Waals surface area contributed by atoms with Gasteiger partial charge in [0.1, 0.15) is 0 Å². The number of hydrogen-bond donors (Lipinski definition) is 1. The van der Waals surface area contributed by atoms with Gasteiger partial charge in [-0.05, 0) is 37.1 Å². The van der Waals surface area contributed by atoms with Crippen LogP contribution in [0.4, 0.5) is 0 Å². The van der Waals surface area contributed by atoms with Crippen LogP contribution in [-0.4, -0.2) is 11.5 Å². The van der Waals surface area contributed by atoms with Gasteiger partial charge in [-0.1, -0.05) is 19.1 Å². The highest BCUT2D eigenvalue weighted by Crippen LogP contribution is 2.22. The predicted molar refractivity (Wildman–Crippen MR) is 68.7 cm³/mol.